The first-order valence-corrected chi connectivity index (χ1v) is 8.80. The predicted molar refractivity (Wildman–Crippen MR) is 100 cm³/mol. The lowest BCUT2D eigenvalue weighted by molar-refractivity contribution is -0.122. The zero-order valence-corrected chi connectivity index (χ0v) is 15.0. The molecule has 1 amide bonds. The van der Waals surface area contributed by atoms with Gasteiger partial charge in [-0.2, -0.15) is 0 Å². The van der Waals surface area contributed by atoms with Gasteiger partial charge in [0.05, 0.1) is 6.54 Å². The number of nitrogens with zero attached hydrogens (tertiary/aromatic N) is 3. The van der Waals surface area contributed by atoms with E-state index in [2.05, 4.69) is 58.5 Å². The molecule has 1 aliphatic rings. The third-order valence-electron chi connectivity index (χ3n) is 4.69. The van der Waals surface area contributed by atoms with Gasteiger partial charge in [0.25, 0.3) is 0 Å². The van der Waals surface area contributed by atoms with Crippen molar-refractivity contribution in [2.45, 2.75) is 25.4 Å². The van der Waals surface area contributed by atoms with Crippen LogP contribution in [0.1, 0.15) is 30.0 Å². The highest BCUT2D eigenvalue weighted by molar-refractivity contribution is 5.78. The first-order chi connectivity index (χ1) is 12.1. The highest BCUT2D eigenvalue weighted by Gasteiger charge is 2.27. The summed E-state index contributed by atoms with van der Waals surface area (Å²) in [7, 11) is 4.11. The standard InChI is InChI=1S/C20H26N4O/c1-23(2)18-8-3-7-17(12-18)19-9-5-11-24(19)15-20(25)22-14-16-6-4-10-21-13-16/h3-4,6-8,10,12-13,19H,5,9,11,14-15H2,1-2H3,(H,22,25)/t19-/m1/s1. The second-order valence-corrected chi connectivity index (χ2v) is 6.76. The molecule has 0 aliphatic carbocycles. The minimum Gasteiger partial charge on any atom is -0.378 e. The molecule has 132 valence electrons. The lowest BCUT2D eigenvalue weighted by Crippen LogP contribution is -2.36. The first-order valence-electron chi connectivity index (χ1n) is 8.80. The molecule has 1 N–H and O–H groups in total. The second kappa shape index (κ2) is 8.12. The Morgan fingerprint density at radius 3 is 2.96 bits per heavy atom. The van der Waals surface area contributed by atoms with Gasteiger partial charge >= 0.3 is 0 Å². The van der Waals surface area contributed by atoms with E-state index in [9.17, 15) is 4.79 Å². The van der Waals surface area contributed by atoms with Gasteiger partial charge in [-0.3, -0.25) is 14.7 Å². The molecule has 5 nitrogen and oxygen atoms in total. The van der Waals surface area contributed by atoms with Gasteiger partial charge in [-0.1, -0.05) is 18.2 Å². The van der Waals surface area contributed by atoms with Gasteiger partial charge < -0.3 is 10.2 Å². The molecule has 3 rings (SSSR count). The van der Waals surface area contributed by atoms with Gasteiger partial charge in [-0.05, 0) is 48.7 Å². The number of hydrogen-bond donors (Lipinski definition) is 1. The van der Waals surface area contributed by atoms with Crippen LogP contribution in [0.3, 0.4) is 0 Å². The predicted octanol–water partition coefficient (Wildman–Crippen LogP) is 2.60. The largest absolute Gasteiger partial charge is 0.378 e. The molecule has 2 heterocycles. The van der Waals surface area contributed by atoms with Crippen molar-refractivity contribution in [1.82, 2.24) is 15.2 Å². The number of anilines is 1. The van der Waals surface area contributed by atoms with E-state index in [-0.39, 0.29) is 5.91 Å². The van der Waals surface area contributed by atoms with Gasteiger partial charge in [0, 0.05) is 44.8 Å². The minimum absolute atomic E-state index is 0.0690. The van der Waals surface area contributed by atoms with Crippen LogP contribution in [0.4, 0.5) is 5.69 Å². The number of hydrogen-bond acceptors (Lipinski definition) is 4. The second-order valence-electron chi connectivity index (χ2n) is 6.76. The fourth-order valence-corrected chi connectivity index (χ4v) is 3.35. The van der Waals surface area contributed by atoms with Crippen molar-refractivity contribution >= 4 is 11.6 Å². The third kappa shape index (κ3) is 4.57. The molecular formula is C20H26N4O. The molecule has 1 atom stereocenters. The number of aromatic nitrogens is 1. The van der Waals surface area contributed by atoms with Crippen molar-refractivity contribution in [1.29, 1.82) is 0 Å². The molecule has 1 saturated heterocycles. The highest BCUT2D eigenvalue weighted by Crippen LogP contribution is 2.33. The fourth-order valence-electron chi connectivity index (χ4n) is 3.35. The molecule has 1 aromatic carbocycles. The molecular weight excluding hydrogens is 312 g/mol. The lowest BCUT2D eigenvalue weighted by Gasteiger charge is -2.25. The van der Waals surface area contributed by atoms with E-state index >= 15 is 0 Å². The summed E-state index contributed by atoms with van der Waals surface area (Å²) in [5.74, 6) is 0.0690. The molecule has 1 aliphatic heterocycles. The van der Waals surface area contributed by atoms with Gasteiger partial charge in [0.15, 0.2) is 0 Å². The average Bonchev–Trinajstić information content (AvgIpc) is 3.09. The zero-order valence-electron chi connectivity index (χ0n) is 15.0. The molecule has 0 spiro atoms. The van der Waals surface area contributed by atoms with Crippen LogP contribution >= 0.6 is 0 Å². The Kier molecular flexibility index (Phi) is 5.66. The van der Waals surface area contributed by atoms with Crippen LogP contribution in [0.15, 0.2) is 48.8 Å². The minimum atomic E-state index is 0.0690. The van der Waals surface area contributed by atoms with Crippen LogP contribution in [0.2, 0.25) is 0 Å². The maximum atomic E-state index is 12.3. The lowest BCUT2D eigenvalue weighted by atomic mass is 10.0. The summed E-state index contributed by atoms with van der Waals surface area (Å²) in [6.45, 7) is 1.94. The summed E-state index contributed by atoms with van der Waals surface area (Å²) < 4.78 is 0. The summed E-state index contributed by atoms with van der Waals surface area (Å²) in [5, 5.41) is 3.00. The third-order valence-corrected chi connectivity index (χ3v) is 4.69. The Labute approximate surface area is 149 Å². The van der Waals surface area contributed by atoms with Gasteiger partial charge in [-0.15, -0.1) is 0 Å². The Morgan fingerprint density at radius 1 is 1.32 bits per heavy atom. The van der Waals surface area contributed by atoms with Crippen molar-refractivity contribution in [3.05, 3.63) is 59.9 Å². The highest BCUT2D eigenvalue weighted by atomic mass is 16.2. The summed E-state index contributed by atoms with van der Waals surface area (Å²) in [6, 6.07) is 12.8. The molecule has 0 bridgehead atoms. The molecule has 2 aromatic rings. The van der Waals surface area contributed by atoms with Crippen LogP contribution in [-0.4, -0.2) is 43.0 Å². The molecule has 0 unspecified atom stereocenters. The number of likely N-dealkylation sites (tertiary alicyclic amines) is 1. The average molecular weight is 338 g/mol. The van der Waals surface area contributed by atoms with Gasteiger partial charge in [-0.25, -0.2) is 0 Å². The Hall–Kier alpha value is -2.40. The summed E-state index contributed by atoms with van der Waals surface area (Å²) in [6.07, 6.45) is 5.76. The molecule has 25 heavy (non-hydrogen) atoms. The van der Waals surface area contributed by atoms with Crippen molar-refractivity contribution in [3.8, 4) is 0 Å². The maximum absolute atomic E-state index is 12.3. The smallest absolute Gasteiger partial charge is 0.234 e. The van der Waals surface area contributed by atoms with E-state index in [0.717, 1.165) is 24.9 Å². The molecule has 1 fully saturated rings. The maximum Gasteiger partial charge on any atom is 0.234 e. The normalized spacial score (nSPS) is 17.4. The number of amides is 1. The number of pyridine rings is 1. The number of benzene rings is 1. The molecule has 0 saturated carbocycles. The van der Waals surface area contributed by atoms with E-state index in [1.54, 1.807) is 12.4 Å². The van der Waals surface area contributed by atoms with Gasteiger partial charge in [0.2, 0.25) is 5.91 Å². The van der Waals surface area contributed by atoms with Crippen LogP contribution < -0.4 is 10.2 Å². The fraction of sp³-hybridized carbons (Fsp3) is 0.400. The van der Waals surface area contributed by atoms with E-state index in [1.807, 2.05) is 12.1 Å². The number of carbonyl (C=O) groups is 1. The van der Waals surface area contributed by atoms with Crippen molar-refractivity contribution in [2.75, 3.05) is 32.1 Å². The van der Waals surface area contributed by atoms with Crippen LogP contribution in [-0.2, 0) is 11.3 Å². The Bertz CT molecular complexity index is 702. The molecule has 5 heteroatoms. The summed E-state index contributed by atoms with van der Waals surface area (Å²) in [5.41, 5.74) is 3.52. The zero-order chi connectivity index (χ0) is 17.6. The Morgan fingerprint density at radius 2 is 2.20 bits per heavy atom. The van der Waals surface area contributed by atoms with Crippen molar-refractivity contribution < 1.29 is 4.79 Å². The monoisotopic (exact) mass is 338 g/mol. The van der Waals surface area contributed by atoms with E-state index in [1.165, 1.54) is 11.3 Å². The van der Waals surface area contributed by atoms with E-state index in [0.29, 0.717) is 19.1 Å². The quantitative estimate of drug-likeness (QED) is 0.879. The summed E-state index contributed by atoms with van der Waals surface area (Å²) in [4.78, 5) is 20.8. The van der Waals surface area contributed by atoms with Crippen LogP contribution in [0.5, 0.6) is 0 Å². The molecule has 0 radical (unpaired) electrons. The molecule has 1 aromatic heterocycles. The number of carbonyl (C=O) groups excluding carboxylic acids is 1. The van der Waals surface area contributed by atoms with Crippen LogP contribution in [0.25, 0.3) is 0 Å². The van der Waals surface area contributed by atoms with Crippen molar-refractivity contribution in [2.24, 2.45) is 0 Å². The van der Waals surface area contributed by atoms with Crippen LogP contribution in [0, 0.1) is 0 Å². The van der Waals surface area contributed by atoms with E-state index < -0.39 is 0 Å². The van der Waals surface area contributed by atoms with Crippen molar-refractivity contribution in [3.63, 3.8) is 0 Å². The summed E-state index contributed by atoms with van der Waals surface area (Å²) >= 11 is 0. The SMILES string of the molecule is CN(C)c1cccc([C@H]2CCCN2CC(=O)NCc2cccnc2)c1. The number of nitrogens with one attached hydrogen (secondary N) is 1. The number of rotatable bonds is 6. The first kappa shape index (κ1) is 17.4. The van der Waals surface area contributed by atoms with E-state index in [4.69, 9.17) is 0 Å². The topological polar surface area (TPSA) is 48.5 Å². The van der Waals surface area contributed by atoms with Gasteiger partial charge in [0.1, 0.15) is 0 Å². The Balaban J connectivity index is 1.60.